The molecule has 0 atom stereocenters. The summed E-state index contributed by atoms with van der Waals surface area (Å²) >= 11 is 0. The van der Waals surface area contributed by atoms with Gasteiger partial charge in [0.1, 0.15) is 0 Å². The molecule has 1 aromatic heterocycles. The minimum absolute atomic E-state index is 0.0318. The van der Waals surface area contributed by atoms with E-state index in [1.165, 1.54) is 30.5 Å². The zero-order chi connectivity index (χ0) is 27.6. The summed E-state index contributed by atoms with van der Waals surface area (Å²) in [5.41, 5.74) is 7.84. The Morgan fingerprint density at radius 1 is 1.00 bits per heavy atom. The van der Waals surface area contributed by atoms with Gasteiger partial charge in [0.25, 0.3) is 5.91 Å². The van der Waals surface area contributed by atoms with Crippen molar-refractivity contribution >= 4 is 34.8 Å². The Kier molecular flexibility index (Phi) is 7.87. The predicted molar refractivity (Wildman–Crippen MR) is 148 cm³/mol. The third kappa shape index (κ3) is 7.30. The van der Waals surface area contributed by atoms with Crippen LogP contribution in [0.5, 0.6) is 0 Å². The van der Waals surface area contributed by atoms with Gasteiger partial charge in [0, 0.05) is 11.3 Å². The molecule has 10 nitrogen and oxygen atoms in total. The maximum absolute atomic E-state index is 13.3. The number of benzene rings is 2. The summed E-state index contributed by atoms with van der Waals surface area (Å²) in [6.07, 6.45) is 5.43. The van der Waals surface area contributed by atoms with Crippen LogP contribution >= 0.6 is 7.60 Å². The van der Waals surface area contributed by atoms with E-state index in [-0.39, 0.29) is 29.6 Å². The smallest absolute Gasteiger partial charge is 0.346 e. The van der Waals surface area contributed by atoms with Gasteiger partial charge in [-0.25, -0.2) is 18.4 Å². The normalized spacial score (nSPS) is 15.7. The highest BCUT2D eigenvalue weighted by molar-refractivity contribution is 7.97. The summed E-state index contributed by atoms with van der Waals surface area (Å²) in [6.45, 7) is 2.44. The zero-order valence-electron chi connectivity index (χ0n) is 21.6. The first-order chi connectivity index (χ1) is 18.6. The molecule has 2 saturated carbocycles. The Labute approximate surface area is 227 Å². The highest BCUT2D eigenvalue weighted by atomic mass is 32.2. The van der Waals surface area contributed by atoms with E-state index in [2.05, 4.69) is 15.3 Å². The van der Waals surface area contributed by atoms with Crippen molar-refractivity contribution in [3.8, 4) is 11.3 Å². The molecule has 0 radical (unpaired) electrons. The molecule has 2 aliphatic rings. The topological polar surface area (TPSA) is 151 Å². The number of aryl methyl sites for hydroxylation is 1. The minimum Gasteiger partial charge on any atom is -0.382 e. The summed E-state index contributed by atoms with van der Waals surface area (Å²) < 4.78 is 50.6. The number of nitrogens with two attached hydrogens (primary N) is 1. The molecule has 1 amide bonds. The second kappa shape index (κ2) is 11.2. The van der Waals surface area contributed by atoms with Crippen LogP contribution in [0.15, 0.2) is 59.6 Å². The molecule has 2 aliphatic carbocycles. The van der Waals surface area contributed by atoms with Crippen LogP contribution in [0.3, 0.4) is 0 Å². The molecule has 2 fully saturated rings. The Morgan fingerprint density at radius 2 is 1.59 bits per heavy atom. The average molecular weight is 571 g/mol. The molecule has 1 heterocycles. The quantitative estimate of drug-likeness (QED) is 0.285. The second-order valence-corrected chi connectivity index (χ2v) is 14.6. The van der Waals surface area contributed by atoms with Crippen molar-refractivity contribution in [3.05, 3.63) is 66.0 Å². The molecular weight excluding hydrogens is 539 g/mol. The zero-order valence-corrected chi connectivity index (χ0v) is 23.3. The molecule has 3 N–H and O–H groups in total. The van der Waals surface area contributed by atoms with E-state index in [4.69, 9.17) is 14.8 Å². The summed E-state index contributed by atoms with van der Waals surface area (Å²) in [6, 6.07) is 13.2. The van der Waals surface area contributed by atoms with Crippen LogP contribution in [-0.2, 0) is 23.4 Å². The third-order valence-electron chi connectivity index (χ3n) is 6.57. The lowest BCUT2D eigenvalue weighted by molar-refractivity contribution is 0.102. The van der Waals surface area contributed by atoms with Gasteiger partial charge in [-0.3, -0.25) is 9.36 Å². The van der Waals surface area contributed by atoms with Gasteiger partial charge >= 0.3 is 7.60 Å². The van der Waals surface area contributed by atoms with Gasteiger partial charge in [-0.2, -0.15) is 0 Å². The Balaban J connectivity index is 1.27. The molecule has 0 saturated heterocycles. The molecule has 206 valence electrons. The second-order valence-electron chi connectivity index (χ2n) is 10.2. The van der Waals surface area contributed by atoms with Gasteiger partial charge in [-0.05, 0) is 68.7 Å². The maximum atomic E-state index is 13.3. The van der Waals surface area contributed by atoms with Crippen molar-refractivity contribution in [1.82, 2.24) is 9.97 Å². The molecule has 5 rings (SSSR count). The minimum atomic E-state index is -3.98. The van der Waals surface area contributed by atoms with Crippen LogP contribution in [0.25, 0.3) is 11.3 Å². The molecule has 0 spiro atoms. The van der Waals surface area contributed by atoms with Crippen LogP contribution in [0.4, 0.5) is 11.5 Å². The first kappa shape index (κ1) is 27.5. The van der Waals surface area contributed by atoms with Gasteiger partial charge in [-0.1, -0.05) is 29.8 Å². The van der Waals surface area contributed by atoms with Crippen LogP contribution in [0, 0.1) is 18.8 Å². The fraction of sp³-hybridized carbons (Fsp3) is 0.370. The van der Waals surface area contributed by atoms with E-state index in [1.54, 1.807) is 0 Å². The molecule has 3 aromatic rings. The van der Waals surface area contributed by atoms with E-state index in [1.807, 2.05) is 31.2 Å². The van der Waals surface area contributed by atoms with Crippen molar-refractivity contribution < 1.29 is 26.8 Å². The third-order valence-corrected chi connectivity index (χ3v) is 11.3. The number of carbonyl (C=O) groups is 1. The molecule has 0 bridgehead atoms. The van der Waals surface area contributed by atoms with Crippen LogP contribution in [0.2, 0.25) is 0 Å². The Morgan fingerprint density at radius 3 is 2.15 bits per heavy atom. The van der Waals surface area contributed by atoms with Gasteiger partial charge in [0.2, 0.25) is 0 Å². The van der Waals surface area contributed by atoms with E-state index < -0.39 is 28.8 Å². The molecule has 39 heavy (non-hydrogen) atoms. The maximum Gasteiger partial charge on any atom is 0.346 e. The standard InChI is InChI=1S/C27H31N4O6PS/c1-18-2-8-21(9-3-18)24-14-29-26(28)25(31-24)27(32)30-22-10-12-23(13-11-22)39(34,35)17-38(33,36-15-19-4-5-19)37-16-20-6-7-20/h2-3,8-14,19-20H,4-7,15-17H2,1H3,(H2,28,29)(H,30,32). The molecule has 0 unspecified atom stereocenters. The van der Waals surface area contributed by atoms with Gasteiger partial charge in [0.15, 0.2) is 26.8 Å². The monoisotopic (exact) mass is 570 g/mol. The summed E-state index contributed by atoms with van der Waals surface area (Å²) in [7, 11) is -7.82. The number of sulfone groups is 1. The van der Waals surface area contributed by atoms with E-state index in [9.17, 15) is 17.8 Å². The number of anilines is 2. The largest absolute Gasteiger partial charge is 0.382 e. The summed E-state index contributed by atoms with van der Waals surface area (Å²) in [4.78, 5) is 21.4. The number of aromatic nitrogens is 2. The van der Waals surface area contributed by atoms with Crippen molar-refractivity contribution in [2.24, 2.45) is 11.8 Å². The number of nitrogen functional groups attached to an aromatic ring is 1. The first-order valence-electron chi connectivity index (χ1n) is 12.8. The number of amides is 1. The first-order valence-corrected chi connectivity index (χ1v) is 16.2. The predicted octanol–water partition coefficient (Wildman–Crippen LogP) is 5.06. The average Bonchev–Trinajstić information content (AvgIpc) is 3.83. The number of nitrogens with one attached hydrogen (secondary N) is 1. The van der Waals surface area contributed by atoms with Gasteiger partial charge < -0.3 is 20.1 Å². The highest BCUT2D eigenvalue weighted by Crippen LogP contribution is 2.53. The van der Waals surface area contributed by atoms with E-state index >= 15 is 0 Å². The van der Waals surface area contributed by atoms with Gasteiger partial charge in [-0.15, -0.1) is 0 Å². The number of hydrogen-bond acceptors (Lipinski definition) is 9. The molecule has 0 aliphatic heterocycles. The molecule has 2 aromatic carbocycles. The van der Waals surface area contributed by atoms with E-state index in [0.29, 0.717) is 23.2 Å². The Bertz CT molecular complexity index is 1480. The fourth-order valence-electron chi connectivity index (χ4n) is 3.77. The number of nitrogens with zero attached hydrogens (tertiary/aromatic N) is 2. The Hall–Kier alpha value is -3.11. The van der Waals surface area contributed by atoms with Crippen molar-refractivity contribution in [2.45, 2.75) is 37.5 Å². The molecule has 12 heteroatoms. The van der Waals surface area contributed by atoms with Gasteiger partial charge in [0.05, 0.1) is 30.0 Å². The SMILES string of the molecule is Cc1ccc(-c2cnc(N)c(C(=O)Nc3ccc(S(=O)(=O)CP(=O)(OCC4CC4)OCC4CC4)cc3)n2)cc1. The highest BCUT2D eigenvalue weighted by Gasteiger charge is 2.37. The van der Waals surface area contributed by atoms with Crippen molar-refractivity contribution in [2.75, 3.05) is 29.8 Å². The van der Waals surface area contributed by atoms with Crippen molar-refractivity contribution in [3.63, 3.8) is 0 Å². The van der Waals surface area contributed by atoms with Crippen molar-refractivity contribution in [1.29, 1.82) is 0 Å². The summed E-state index contributed by atoms with van der Waals surface area (Å²) in [5.74, 6) is 0.00116. The van der Waals surface area contributed by atoms with E-state index in [0.717, 1.165) is 36.8 Å². The number of carbonyl (C=O) groups excluding carboxylic acids is 1. The molecular formula is C27H31N4O6PS. The van der Waals surface area contributed by atoms with Crippen LogP contribution < -0.4 is 11.1 Å². The lowest BCUT2D eigenvalue weighted by Gasteiger charge is -2.19. The van der Waals surface area contributed by atoms with Crippen LogP contribution in [-0.4, -0.2) is 43.0 Å². The fourth-order valence-corrected chi connectivity index (χ4v) is 8.13. The summed E-state index contributed by atoms with van der Waals surface area (Å²) in [5, 5.41) is 2.67. The number of rotatable bonds is 12. The number of hydrogen-bond donors (Lipinski definition) is 2. The lowest BCUT2D eigenvalue weighted by Crippen LogP contribution is -2.17. The lowest BCUT2D eigenvalue weighted by atomic mass is 10.1. The van der Waals surface area contributed by atoms with Crippen LogP contribution in [0.1, 0.15) is 41.7 Å².